The number of anilines is 3. The van der Waals surface area contributed by atoms with Crippen LogP contribution in [0.25, 0.3) is 10.9 Å². The van der Waals surface area contributed by atoms with Crippen molar-refractivity contribution in [2.24, 2.45) is 5.92 Å². The summed E-state index contributed by atoms with van der Waals surface area (Å²) >= 11 is 0. The van der Waals surface area contributed by atoms with E-state index >= 15 is 0 Å². The van der Waals surface area contributed by atoms with Gasteiger partial charge in [-0.05, 0) is 49.2 Å². The highest BCUT2D eigenvalue weighted by atomic mass is 16.5. The van der Waals surface area contributed by atoms with Gasteiger partial charge < -0.3 is 20.1 Å². The predicted molar refractivity (Wildman–Crippen MR) is 141 cm³/mol. The summed E-state index contributed by atoms with van der Waals surface area (Å²) in [6.45, 7) is 5.45. The SMILES string of the molecule is CC.COc1ccc(NC(=O)C2CC2)cc1.c1ccc2c(Nc3cncc(C4COC4)n3)n[nH]c2c1. The van der Waals surface area contributed by atoms with Crippen LogP contribution in [0.5, 0.6) is 5.75 Å². The molecule has 1 aliphatic heterocycles. The molecule has 1 aliphatic carbocycles. The van der Waals surface area contributed by atoms with E-state index in [-0.39, 0.29) is 11.8 Å². The number of H-pyrrole nitrogens is 1. The molecular weight excluding hydrogens is 456 g/mol. The molecule has 2 aliphatic rings. The van der Waals surface area contributed by atoms with Crippen molar-refractivity contribution in [3.05, 3.63) is 66.6 Å². The van der Waals surface area contributed by atoms with Gasteiger partial charge in [-0.1, -0.05) is 26.0 Å². The molecule has 0 bridgehead atoms. The molecule has 3 N–H and O–H groups in total. The molecule has 1 saturated heterocycles. The lowest BCUT2D eigenvalue weighted by Gasteiger charge is -2.25. The second-order valence-electron chi connectivity index (χ2n) is 8.30. The summed E-state index contributed by atoms with van der Waals surface area (Å²) in [6.07, 6.45) is 5.55. The fourth-order valence-electron chi connectivity index (χ4n) is 3.49. The number of nitrogens with one attached hydrogen (secondary N) is 3. The van der Waals surface area contributed by atoms with Crippen LogP contribution in [-0.4, -0.2) is 46.4 Å². The zero-order chi connectivity index (χ0) is 25.3. The van der Waals surface area contributed by atoms with Gasteiger partial charge >= 0.3 is 0 Å². The van der Waals surface area contributed by atoms with Crippen LogP contribution >= 0.6 is 0 Å². The molecule has 188 valence electrons. The van der Waals surface area contributed by atoms with E-state index in [1.165, 1.54) is 0 Å². The number of benzene rings is 2. The average molecular weight is 489 g/mol. The number of carbonyl (C=O) groups excluding carboxylic acids is 1. The largest absolute Gasteiger partial charge is 0.497 e. The van der Waals surface area contributed by atoms with Gasteiger partial charge in [0.1, 0.15) is 11.6 Å². The van der Waals surface area contributed by atoms with E-state index in [2.05, 4.69) is 30.8 Å². The number of aromatic nitrogens is 4. The van der Waals surface area contributed by atoms with Crippen molar-refractivity contribution in [2.45, 2.75) is 32.6 Å². The third-order valence-electron chi connectivity index (χ3n) is 5.73. The number of ether oxygens (including phenoxy) is 2. The zero-order valence-electron chi connectivity index (χ0n) is 20.8. The average Bonchev–Trinajstić information content (AvgIpc) is 3.67. The van der Waals surface area contributed by atoms with Crippen LogP contribution in [0.2, 0.25) is 0 Å². The van der Waals surface area contributed by atoms with E-state index in [1.807, 2.05) is 62.4 Å². The number of methoxy groups -OCH3 is 1. The number of fused-ring (bicyclic) bond motifs is 1. The summed E-state index contributed by atoms with van der Waals surface area (Å²) in [7, 11) is 1.62. The Morgan fingerprint density at radius 1 is 1.06 bits per heavy atom. The maximum Gasteiger partial charge on any atom is 0.227 e. The number of para-hydroxylation sites is 1. The Hall–Kier alpha value is -3.98. The number of nitrogens with zero attached hydrogens (tertiary/aromatic N) is 3. The zero-order valence-corrected chi connectivity index (χ0v) is 20.8. The lowest BCUT2D eigenvalue weighted by atomic mass is 10.1. The number of hydrogen-bond donors (Lipinski definition) is 3. The van der Waals surface area contributed by atoms with Gasteiger partial charge in [0.2, 0.25) is 5.91 Å². The number of aromatic amines is 1. The van der Waals surface area contributed by atoms with E-state index < -0.39 is 0 Å². The second-order valence-corrected chi connectivity index (χ2v) is 8.30. The summed E-state index contributed by atoms with van der Waals surface area (Å²) in [5.74, 6) is 3.01. The van der Waals surface area contributed by atoms with Crippen LogP contribution in [0.4, 0.5) is 17.3 Å². The normalized spacial score (nSPS) is 14.4. The van der Waals surface area contributed by atoms with E-state index in [0.717, 1.165) is 59.9 Å². The fraction of sp³-hybridized carbons (Fsp3) is 0.333. The minimum atomic E-state index is 0.134. The molecule has 2 aromatic carbocycles. The third-order valence-corrected chi connectivity index (χ3v) is 5.73. The fourth-order valence-corrected chi connectivity index (χ4v) is 3.49. The van der Waals surface area contributed by atoms with Gasteiger partial charge in [-0.2, -0.15) is 5.10 Å². The van der Waals surface area contributed by atoms with Crippen LogP contribution in [0, 0.1) is 5.92 Å². The molecule has 0 radical (unpaired) electrons. The van der Waals surface area contributed by atoms with Crippen LogP contribution in [0.1, 0.15) is 38.3 Å². The topological polar surface area (TPSA) is 114 Å². The first kappa shape index (κ1) is 25.1. The van der Waals surface area contributed by atoms with E-state index in [9.17, 15) is 4.79 Å². The van der Waals surface area contributed by atoms with E-state index in [0.29, 0.717) is 11.7 Å². The monoisotopic (exact) mass is 488 g/mol. The molecule has 1 amide bonds. The summed E-state index contributed by atoms with van der Waals surface area (Å²) in [6, 6.07) is 15.3. The molecule has 3 heterocycles. The molecule has 0 unspecified atom stereocenters. The molecule has 6 rings (SSSR count). The number of hydrogen-bond acceptors (Lipinski definition) is 7. The van der Waals surface area contributed by atoms with Crippen molar-refractivity contribution < 1.29 is 14.3 Å². The second kappa shape index (κ2) is 12.1. The predicted octanol–water partition coefficient (Wildman–Crippen LogP) is 5.28. The first-order valence-corrected chi connectivity index (χ1v) is 12.2. The maximum atomic E-state index is 11.4. The van der Waals surface area contributed by atoms with E-state index in [1.54, 1.807) is 19.5 Å². The molecule has 4 aromatic rings. The van der Waals surface area contributed by atoms with Crippen molar-refractivity contribution in [1.82, 2.24) is 20.2 Å². The van der Waals surface area contributed by atoms with Gasteiger partial charge in [-0.15, -0.1) is 0 Å². The van der Waals surface area contributed by atoms with Crippen LogP contribution < -0.4 is 15.4 Å². The number of amides is 1. The Morgan fingerprint density at radius 3 is 2.47 bits per heavy atom. The highest BCUT2D eigenvalue weighted by Gasteiger charge is 2.29. The number of rotatable bonds is 6. The van der Waals surface area contributed by atoms with Gasteiger partial charge in [0.15, 0.2) is 5.82 Å². The summed E-state index contributed by atoms with van der Waals surface area (Å²) < 4.78 is 10.2. The Bertz CT molecular complexity index is 1270. The molecule has 2 aromatic heterocycles. The molecule has 9 heteroatoms. The van der Waals surface area contributed by atoms with Gasteiger partial charge in [0.25, 0.3) is 0 Å². The first-order chi connectivity index (χ1) is 17.7. The summed E-state index contributed by atoms with van der Waals surface area (Å²) in [5.41, 5.74) is 2.79. The van der Waals surface area contributed by atoms with Gasteiger partial charge in [-0.3, -0.25) is 14.9 Å². The lowest BCUT2D eigenvalue weighted by molar-refractivity contribution is -0.117. The molecular formula is C27H32N6O3. The van der Waals surface area contributed by atoms with Crippen molar-refractivity contribution >= 4 is 34.1 Å². The van der Waals surface area contributed by atoms with Crippen molar-refractivity contribution in [3.63, 3.8) is 0 Å². The highest BCUT2D eigenvalue weighted by molar-refractivity contribution is 5.94. The van der Waals surface area contributed by atoms with Crippen LogP contribution in [0.15, 0.2) is 60.9 Å². The Balaban J connectivity index is 0.000000168. The molecule has 2 fully saturated rings. The van der Waals surface area contributed by atoms with Gasteiger partial charge in [0.05, 0.1) is 37.7 Å². The molecule has 0 spiro atoms. The van der Waals surface area contributed by atoms with Crippen molar-refractivity contribution in [2.75, 3.05) is 31.0 Å². The van der Waals surface area contributed by atoms with E-state index in [4.69, 9.17) is 9.47 Å². The highest BCUT2D eigenvalue weighted by Crippen LogP contribution is 2.30. The summed E-state index contributed by atoms with van der Waals surface area (Å²) in [4.78, 5) is 20.2. The minimum Gasteiger partial charge on any atom is -0.497 e. The summed E-state index contributed by atoms with van der Waals surface area (Å²) in [5, 5.41) is 14.4. The quantitative estimate of drug-likeness (QED) is 0.338. The molecule has 0 atom stereocenters. The molecule has 9 nitrogen and oxygen atoms in total. The Morgan fingerprint density at radius 2 is 1.81 bits per heavy atom. The number of carbonyl (C=O) groups is 1. The Labute approximate surface area is 210 Å². The minimum absolute atomic E-state index is 0.134. The van der Waals surface area contributed by atoms with Crippen molar-refractivity contribution in [1.29, 1.82) is 0 Å². The van der Waals surface area contributed by atoms with Gasteiger partial charge in [-0.25, -0.2) is 4.98 Å². The first-order valence-electron chi connectivity index (χ1n) is 12.2. The third kappa shape index (κ3) is 6.37. The lowest BCUT2D eigenvalue weighted by Crippen LogP contribution is -2.26. The molecule has 1 saturated carbocycles. The smallest absolute Gasteiger partial charge is 0.227 e. The van der Waals surface area contributed by atoms with Gasteiger partial charge in [0, 0.05) is 29.1 Å². The standard InChI is InChI=1S/C14H13N5O.C11H13NO2.C2H6/c1-2-4-11-10(3-1)14(19-18-11)17-13-6-15-5-12(16-13)9-7-20-8-9;1-14-10-6-4-9(5-7-10)12-11(13)8-2-3-8;1-2/h1-6,9H,7-8H2,(H2,16,17,18,19);4-8H,2-3H2,1H3,(H,12,13);1-2H3. The van der Waals surface area contributed by atoms with Crippen LogP contribution in [0.3, 0.4) is 0 Å². The van der Waals surface area contributed by atoms with Crippen molar-refractivity contribution in [3.8, 4) is 5.75 Å². The van der Waals surface area contributed by atoms with Crippen LogP contribution in [-0.2, 0) is 9.53 Å². The molecule has 36 heavy (non-hydrogen) atoms. The maximum absolute atomic E-state index is 11.4. The Kier molecular flexibility index (Phi) is 8.46.